The van der Waals surface area contributed by atoms with Crippen LogP contribution in [0.5, 0.6) is 5.75 Å². The van der Waals surface area contributed by atoms with E-state index in [4.69, 9.17) is 10.7 Å². The SMILES string of the molecule is CC1CCc2c(sc3nc(CCN4CCN(c5ccc(O)cc5)CC4)nc(N)c23)C1. The largest absolute Gasteiger partial charge is 0.508 e. The number of aryl methyl sites for hydroxylation is 1. The second-order valence-corrected chi connectivity index (χ2v) is 9.74. The lowest BCUT2D eigenvalue weighted by Crippen LogP contribution is -2.47. The van der Waals surface area contributed by atoms with E-state index in [0.29, 0.717) is 11.6 Å². The molecule has 7 heteroatoms. The molecular weight excluding hydrogens is 394 g/mol. The number of fused-ring (bicyclic) bond motifs is 3. The van der Waals surface area contributed by atoms with Gasteiger partial charge in [-0.1, -0.05) is 6.92 Å². The number of benzene rings is 1. The van der Waals surface area contributed by atoms with E-state index in [1.807, 2.05) is 23.5 Å². The van der Waals surface area contributed by atoms with Crippen molar-refractivity contribution in [1.29, 1.82) is 0 Å². The number of nitrogen functional groups attached to an aromatic ring is 1. The molecular formula is C23H29N5OS. The van der Waals surface area contributed by atoms with Gasteiger partial charge in [0.1, 0.15) is 22.2 Å². The van der Waals surface area contributed by atoms with Crippen molar-refractivity contribution < 1.29 is 5.11 Å². The molecule has 3 N–H and O–H groups in total. The summed E-state index contributed by atoms with van der Waals surface area (Å²) in [6.45, 7) is 7.30. The predicted molar refractivity (Wildman–Crippen MR) is 123 cm³/mol. The summed E-state index contributed by atoms with van der Waals surface area (Å²) in [5, 5.41) is 10.6. The van der Waals surface area contributed by atoms with E-state index >= 15 is 0 Å². The summed E-state index contributed by atoms with van der Waals surface area (Å²) in [5.41, 5.74) is 8.96. The summed E-state index contributed by atoms with van der Waals surface area (Å²) in [7, 11) is 0. The lowest BCUT2D eigenvalue weighted by Gasteiger charge is -2.36. The Balaban J connectivity index is 1.22. The Morgan fingerprint density at radius 2 is 1.90 bits per heavy atom. The zero-order valence-electron chi connectivity index (χ0n) is 17.5. The number of phenols is 1. The van der Waals surface area contributed by atoms with Crippen molar-refractivity contribution in [3.05, 3.63) is 40.5 Å². The fourth-order valence-electron chi connectivity index (χ4n) is 4.68. The second kappa shape index (κ2) is 8.04. The van der Waals surface area contributed by atoms with Gasteiger partial charge < -0.3 is 15.7 Å². The number of nitrogens with two attached hydrogens (primary N) is 1. The summed E-state index contributed by atoms with van der Waals surface area (Å²) in [6, 6.07) is 7.47. The summed E-state index contributed by atoms with van der Waals surface area (Å²) in [5.74, 6) is 2.60. The van der Waals surface area contributed by atoms with Crippen molar-refractivity contribution in [2.24, 2.45) is 5.92 Å². The van der Waals surface area contributed by atoms with Crippen LogP contribution in [0.3, 0.4) is 0 Å². The van der Waals surface area contributed by atoms with E-state index in [1.54, 1.807) is 12.1 Å². The van der Waals surface area contributed by atoms with Crippen molar-refractivity contribution in [1.82, 2.24) is 14.9 Å². The number of aromatic hydroxyl groups is 1. The van der Waals surface area contributed by atoms with E-state index in [-0.39, 0.29) is 0 Å². The van der Waals surface area contributed by atoms with E-state index in [0.717, 1.165) is 73.9 Å². The second-order valence-electron chi connectivity index (χ2n) is 8.65. The highest BCUT2D eigenvalue weighted by atomic mass is 32.1. The summed E-state index contributed by atoms with van der Waals surface area (Å²) < 4.78 is 0. The molecule has 2 aromatic heterocycles. The lowest BCUT2D eigenvalue weighted by molar-refractivity contribution is 0.259. The topological polar surface area (TPSA) is 78.5 Å². The molecule has 1 atom stereocenters. The summed E-state index contributed by atoms with van der Waals surface area (Å²) in [4.78, 5) is 16.9. The molecule has 1 unspecified atom stereocenters. The maximum atomic E-state index is 9.47. The van der Waals surface area contributed by atoms with Gasteiger partial charge in [0.2, 0.25) is 0 Å². The predicted octanol–water partition coefficient (Wildman–Crippen LogP) is 3.47. The molecule has 0 bridgehead atoms. The number of phenolic OH excluding ortho intramolecular Hbond substituents is 1. The standard InChI is InChI=1S/C23H29N5OS/c1-15-2-7-18-19(14-15)30-23-21(18)22(24)25-20(26-23)8-9-27-10-12-28(13-11-27)16-3-5-17(29)6-4-16/h3-6,15,29H,2,7-14H2,1H3,(H2,24,25,26). The molecule has 0 amide bonds. The van der Waals surface area contributed by atoms with Crippen LogP contribution in [0.1, 0.15) is 29.6 Å². The van der Waals surface area contributed by atoms with Gasteiger partial charge in [-0.05, 0) is 55.0 Å². The maximum Gasteiger partial charge on any atom is 0.136 e. The molecule has 1 aliphatic carbocycles. The molecule has 6 nitrogen and oxygen atoms in total. The first-order valence-corrected chi connectivity index (χ1v) is 11.7. The quantitative estimate of drug-likeness (QED) is 0.669. The maximum absolute atomic E-state index is 9.47. The molecule has 0 radical (unpaired) electrons. The minimum absolute atomic E-state index is 0.315. The Kier molecular flexibility index (Phi) is 5.25. The highest BCUT2D eigenvalue weighted by Gasteiger charge is 2.23. The van der Waals surface area contributed by atoms with Crippen molar-refractivity contribution in [3.63, 3.8) is 0 Å². The number of aromatic nitrogens is 2. The molecule has 158 valence electrons. The molecule has 2 aliphatic rings. The Morgan fingerprint density at radius 3 is 2.67 bits per heavy atom. The van der Waals surface area contributed by atoms with Crippen LogP contribution >= 0.6 is 11.3 Å². The summed E-state index contributed by atoms with van der Waals surface area (Å²) >= 11 is 1.82. The molecule has 1 aromatic carbocycles. The number of hydrogen-bond donors (Lipinski definition) is 2. The first kappa shape index (κ1) is 19.6. The van der Waals surface area contributed by atoms with Crippen LogP contribution in [0.2, 0.25) is 0 Å². The van der Waals surface area contributed by atoms with Gasteiger partial charge >= 0.3 is 0 Å². The third-order valence-corrected chi connectivity index (χ3v) is 7.62. The fraction of sp³-hybridized carbons (Fsp3) is 0.478. The van der Waals surface area contributed by atoms with E-state index in [9.17, 15) is 5.11 Å². The van der Waals surface area contributed by atoms with Crippen molar-refractivity contribution in [2.45, 2.75) is 32.6 Å². The van der Waals surface area contributed by atoms with Gasteiger partial charge in [-0.15, -0.1) is 11.3 Å². The molecule has 5 rings (SSSR count). The van der Waals surface area contributed by atoms with Crippen LogP contribution in [0.15, 0.2) is 24.3 Å². The lowest BCUT2D eigenvalue weighted by atomic mass is 9.89. The Morgan fingerprint density at radius 1 is 1.13 bits per heavy atom. The van der Waals surface area contributed by atoms with Gasteiger partial charge in [-0.25, -0.2) is 9.97 Å². The Bertz CT molecular complexity index is 1040. The van der Waals surface area contributed by atoms with E-state index in [2.05, 4.69) is 21.7 Å². The van der Waals surface area contributed by atoms with Crippen LogP contribution in [0.25, 0.3) is 10.2 Å². The zero-order chi connectivity index (χ0) is 20.7. The minimum atomic E-state index is 0.315. The highest BCUT2D eigenvalue weighted by molar-refractivity contribution is 7.19. The number of anilines is 2. The zero-order valence-corrected chi connectivity index (χ0v) is 18.3. The normalized spacial score (nSPS) is 19.9. The van der Waals surface area contributed by atoms with Gasteiger partial charge in [0.05, 0.1) is 5.39 Å². The van der Waals surface area contributed by atoms with Gasteiger partial charge in [-0.2, -0.15) is 0 Å². The average molecular weight is 424 g/mol. The number of piperazine rings is 1. The van der Waals surface area contributed by atoms with Crippen molar-refractivity contribution in [3.8, 4) is 5.75 Å². The molecule has 0 spiro atoms. The first-order valence-electron chi connectivity index (χ1n) is 10.9. The summed E-state index contributed by atoms with van der Waals surface area (Å²) in [6.07, 6.45) is 4.32. The van der Waals surface area contributed by atoms with Gasteiger partial charge in [0.25, 0.3) is 0 Å². The van der Waals surface area contributed by atoms with Crippen LogP contribution in [-0.4, -0.2) is 52.7 Å². The third kappa shape index (κ3) is 3.84. The molecule has 3 heterocycles. The molecule has 30 heavy (non-hydrogen) atoms. The van der Waals surface area contributed by atoms with Crippen LogP contribution in [-0.2, 0) is 19.3 Å². The number of hydrogen-bond acceptors (Lipinski definition) is 7. The smallest absolute Gasteiger partial charge is 0.136 e. The number of nitrogens with zero attached hydrogens (tertiary/aromatic N) is 4. The van der Waals surface area contributed by atoms with Gasteiger partial charge in [0, 0.05) is 49.7 Å². The fourth-order valence-corrected chi connectivity index (χ4v) is 6.09. The monoisotopic (exact) mass is 423 g/mol. The number of thiophene rings is 1. The average Bonchev–Trinajstić information content (AvgIpc) is 3.11. The first-order chi connectivity index (χ1) is 14.6. The van der Waals surface area contributed by atoms with Crippen LogP contribution < -0.4 is 10.6 Å². The van der Waals surface area contributed by atoms with Crippen molar-refractivity contribution >= 4 is 33.1 Å². The van der Waals surface area contributed by atoms with E-state index in [1.165, 1.54) is 22.5 Å². The van der Waals surface area contributed by atoms with Crippen molar-refractivity contribution in [2.75, 3.05) is 43.4 Å². The Hall–Kier alpha value is -2.38. The Labute approximate surface area is 181 Å². The van der Waals surface area contributed by atoms with E-state index < -0.39 is 0 Å². The molecule has 0 saturated carbocycles. The molecule has 1 saturated heterocycles. The highest BCUT2D eigenvalue weighted by Crippen LogP contribution is 2.39. The minimum Gasteiger partial charge on any atom is -0.508 e. The molecule has 3 aromatic rings. The van der Waals surface area contributed by atoms with Crippen LogP contribution in [0.4, 0.5) is 11.5 Å². The third-order valence-electron chi connectivity index (χ3n) is 6.47. The van der Waals surface area contributed by atoms with Gasteiger partial charge in [-0.3, -0.25) is 4.90 Å². The van der Waals surface area contributed by atoms with Crippen LogP contribution in [0, 0.1) is 5.92 Å². The molecule has 1 fully saturated rings. The number of rotatable bonds is 4. The van der Waals surface area contributed by atoms with Gasteiger partial charge in [0.15, 0.2) is 0 Å². The molecule has 1 aliphatic heterocycles.